The van der Waals surface area contributed by atoms with Gasteiger partial charge in [-0.25, -0.2) is 8.42 Å². The van der Waals surface area contributed by atoms with Crippen molar-refractivity contribution in [3.8, 4) is 0 Å². The summed E-state index contributed by atoms with van der Waals surface area (Å²) in [7, 11) is -3.61. The molecule has 0 unspecified atom stereocenters. The Kier molecular flexibility index (Phi) is 6.47. The number of rotatable bonds is 5. The molecule has 1 N–H and O–H groups in total. The Balaban J connectivity index is 1.60. The predicted octanol–water partition coefficient (Wildman–Crippen LogP) is 3.93. The van der Waals surface area contributed by atoms with Gasteiger partial charge in [-0.15, -0.1) is 0 Å². The fraction of sp³-hybridized carbons (Fsp3) is 0.409. The third-order valence-corrected chi connectivity index (χ3v) is 7.44. The average molecular weight is 446 g/mol. The maximum absolute atomic E-state index is 13.0. The quantitative estimate of drug-likeness (QED) is 0.554. The molecule has 1 aliphatic rings. The van der Waals surface area contributed by atoms with Gasteiger partial charge in [0.25, 0.3) is 5.69 Å². The number of anilines is 1. The van der Waals surface area contributed by atoms with Crippen LogP contribution in [0.15, 0.2) is 53.4 Å². The minimum Gasteiger partial charge on any atom is -0.326 e. The Bertz CT molecular complexity index is 1050. The summed E-state index contributed by atoms with van der Waals surface area (Å²) in [4.78, 5) is 23.0. The summed E-state index contributed by atoms with van der Waals surface area (Å²) >= 11 is 0. The van der Waals surface area contributed by atoms with Crippen LogP contribution in [0.5, 0.6) is 0 Å². The molecule has 2 aromatic carbocycles. The molecule has 0 atom stereocenters. The van der Waals surface area contributed by atoms with E-state index < -0.39 is 14.9 Å². The number of hydrogen-bond acceptors (Lipinski definition) is 5. The van der Waals surface area contributed by atoms with Crippen molar-refractivity contribution in [2.75, 3.05) is 18.4 Å². The molecule has 0 aliphatic carbocycles. The third-order valence-electron chi connectivity index (χ3n) is 5.53. The Morgan fingerprint density at radius 3 is 2.06 bits per heavy atom. The van der Waals surface area contributed by atoms with Gasteiger partial charge < -0.3 is 5.32 Å². The van der Waals surface area contributed by atoms with Crippen LogP contribution in [0.2, 0.25) is 0 Å². The fourth-order valence-electron chi connectivity index (χ4n) is 3.55. The zero-order chi connectivity index (χ0) is 22.8. The molecule has 0 aromatic heterocycles. The van der Waals surface area contributed by atoms with Gasteiger partial charge >= 0.3 is 0 Å². The monoisotopic (exact) mass is 445 g/mol. The molecule has 1 fully saturated rings. The number of sulfonamides is 1. The number of non-ortho nitro benzene ring substituents is 1. The molecule has 0 spiro atoms. The minimum atomic E-state index is -3.61. The molecule has 0 saturated carbocycles. The number of hydrogen-bond donors (Lipinski definition) is 1. The molecule has 1 amide bonds. The molecule has 166 valence electrons. The first kappa shape index (κ1) is 22.9. The van der Waals surface area contributed by atoms with Crippen LogP contribution >= 0.6 is 0 Å². The number of piperidine rings is 1. The van der Waals surface area contributed by atoms with Gasteiger partial charge in [0.1, 0.15) is 0 Å². The van der Waals surface area contributed by atoms with Crippen LogP contribution in [-0.4, -0.2) is 36.6 Å². The van der Waals surface area contributed by atoms with Crippen LogP contribution in [0.3, 0.4) is 0 Å². The lowest BCUT2D eigenvalue weighted by Crippen LogP contribution is -2.41. The van der Waals surface area contributed by atoms with Crippen molar-refractivity contribution in [1.29, 1.82) is 0 Å². The van der Waals surface area contributed by atoms with Gasteiger partial charge in [0.2, 0.25) is 15.9 Å². The highest BCUT2D eigenvalue weighted by atomic mass is 32.2. The van der Waals surface area contributed by atoms with E-state index in [1.54, 1.807) is 12.1 Å². The topological polar surface area (TPSA) is 110 Å². The van der Waals surface area contributed by atoms with E-state index in [1.165, 1.54) is 28.6 Å². The molecular weight excluding hydrogens is 418 g/mol. The molecule has 1 saturated heterocycles. The largest absolute Gasteiger partial charge is 0.326 e. The summed E-state index contributed by atoms with van der Waals surface area (Å²) in [5, 5.41) is 13.5. The highest BCUT2D eigenvalue weighted by Crippen LogP contribution is 2.28. The second-order valence-electron chi connectivity index (χ2n) is 8.75. The van der Waals surface area contributed by atoms with Gasteiger partial charge in [0.15, 0.2) is 0 Å². The number of carbonyl (C=O) groups excluding carboxylic acids is 1. The van der Waals surface area contributed by atoms with Crippen molar-refractivity contribution in [3.63, 3.8) is 0 Å². The maximum Gasteiger partial charge on any atom is 0.269 e. The summed E-state index contributed by atoms with van der Waals surface area (Å²) in [5.74, 6) is -0.523. The fourth-order valence-corrected chi connectivity index (χ4v) is 5.01. The molecule has 31 heavy (non-hydrogen) atoms. The summed E-state index contributed by atoms with van der Waals surface area (Å²) in [6, 6.07) is 12.6. The van der Waals surface area contributed by atoms with E-state index >= 15 is 0 Å². The van der Waals surface area contributed by atoms with Gasteiger partial charge in [-0.2, -0.15) is 4.31 Å². The van der Waals surface area contributed by atoms with Crippen LogP contribution in [0.25, 0.3) is 0 Å². The lowest BCUT2D eigenvalue weighted by molar-refractivity contribution is -0.384. The lowest BCUT2D eigenvalue weighted by atomic mass is 9.87. The Labute approximate surface area is 182 Å². The summed E-state index contributed by atoms with van der Waals surface area (Å²) in [6.07, 6.45) is 0.830. The smallest absolute Gasteiger partial charge is 0.269 e. The molecule has 2 aromatic rings. The van der Waals surface area contributed by atoms with Crippen LogP contribution in [0.4, 0.5) is 11.4 Å². The lowest BCUT2D eigenvalue weighted by Gasteiger charge is -2.30. The second kappa shape index (κ2) is 8.76. The van der Waals surface area contributed by atoms with Crippen molar-refractivity contribution in [2.45, 2.75) is 43.9 Å². The van der Waals surface area contributed by atoms with E-state index in [2.05, 4.69) is 26.1 Å². The highest BCUT2D eigenvalue weighted by Gasteiger charge is 2.32. The molecule has 0 radical (unpaired) electrons. The van der Waals surface area contributed by atoms with Gasteiger partial charge in [-0.3, -0.25) is 14.9 Å². The molecule has 9 heteroatoms. The maximum atomic E-state index is 13.0. The zero-order valence-corrected chi connectivity index (χ0v) is 18.7. The second-order valence-corrected chi connectivity index (χ2v) is 10.7. The van der Waals surface area contributed by atoms with E-state index in [4.69, 9.17) is 0 Å². The van der Waals surface area contributed by atoms with Gasteiger partial charge in [-0.05, 0) is 48.1 Å². The third kappa shape index (κ3) is 5.29. The van der Waals surface area contributed by atoms with Gasteiger partial charge in [0.05, 0.1) is 9.82 Å². The average Bonchev–Trinajstić information content (AvgIpc) is 2.73. The molecule has 8 nitrogen and oxygen atoms in total. The molecule has 3 rings (SSSR count). The normalized spacial score (nSPS) is 16.1. The number of benzene rings is 2. The van der Waals surface area contributed by atoms with E-state index in [-0.39, 0.29) is 40.9 Å². The summed E-state index contributed by atoms with van der Waals surface area (Å²) in [6.45, 7) is 6.75. The first-order valence-electron chi connectivity index (χ1n) is 10.1. The van der Waals surface area contributed by atoms with Crippen molar-refractivity contribution >= 4 is 27.3 Å². The molecule has 1 heterocycles. The number of nitro benzene ring substituents is 1. The SMILES string of the molecule is CC(C)(C)c1ccc(S(=O)(=O)N2CCC(C(=O)Nc3ccc([N+](=O)[O-])cc3)CC2)cc1. The van der Waals surface area contributed by atoms with E-state index in [1.807, 2.05) is 12.1 Å². The highest BCUT2D eigenvalue weighted by molar-refractivity contribution is 7.89. The Hall–Kier alpha value is -2.78. The predicted molar refractivity (Wildman–Crippen MR) is 118 cm³/mol. The van der Waals surface area contributed by atoms with E-state index in [0.717, 1.165) is 5.56 Å². The summed E-state index contributed by atoms with van der Waals surface area (Å²) in [5.41, 5.74) is 1.43. The Morgan fingerprint density at radius 1 is 1.03 bits per heavy atom. The van der Waals surface area contributed by atoms with Gasteiger partial charge in [-0.1, -0.05) is 32.9 Å². The van der Waals surface area contributed by atoms with E-state index in [0.29, 0.717) is 18.5 Å². The van der Waals surface area contributed by atoms with Crippen LogP contribution in [0, 0.1) is 16.0 Å². The molecule has 1 aliphatic heterocycles. The molecular formula is C22H27N3O5S. The summed E-state index contributed by atoms with van der Waals surface area (Å²) < 4.78 is 27.4. The van der Waals surface area contributed by atoms with Crippen molar-refractivity contribution in [1.82, 2.24) is 4.31 Å². The van der Waals surface area contributed by atoms with Crippen LogP contribution in [0.1, 0.15) is 39.2 Å². The number of carbonyl (C=O) groups is 1. The number of nitrogens with one attached hydrogen (secondary N) is 1. The number of nitrogens with zero attached hydrogens (tertiary/aromatic N) is 2. The van der Waals surface area contributed by atoms with Crippen LogP contribution < -0.4 is 5.32 Å². The first-order valence-corrected chi connectivity index (χ1v) is 11.6. The number of amides is 1. The Morgan fingerprint density at radius 2 is 1.58 bits per heavy atom. The number of nitro groups is 1. The standard InChI is InChI=1S/C22H27N3O5S/c1-22(2,3)17-4-10-20(11-5-17)31(29,30)24-14-12-16(13-15-24)21(26)23-18-6-8-19(9-7-18)25(27)28/h4-11,16H,12-15H2,1-3H3,(H,23,26). The van der Waals surface area contributed by atoms with Crippen molar-refractivity contribution < 1.29 is 18.1 Å². The zero-order valence-electron chi connectivity index (χ0n) is 17.9. The van der Waals surface area contributed by atoms with Crippen LogP contribution in [-0.2, 0) is 20.2 Å². The molecule has 0 bridgehead atoms. The van der Waals surface area contributed by atoms with E-state index in [9.17, 15) is 23.3 Å². The van der Waals surface area contributed by atoms with Gasteiger partial charge in [0, 0.05) is 36.8 Å². The van der Waals surface area contributed by atoms with Crippen molar-refractivity contribution in [3.05, 3.63) is 64.2 Å². The minimum absolute atomic E-state index is 0.0490. The van der Waals surface area contributed by atoms with Crippen molar-refractivity contribution in [2.24, 2.45) is 5.92 Å². The first-order chi connectivity index (χ1) is 14.5.